The molecule has 0 bridgehead atoms. The fourth-order valence-corrected chi connectivity index (χ4v) is 3.07. The number of amides is 1. The largest absolute Gasteiger partial charge is 0.348 e. The van der Waals surface area contributed by atoms with E-state index in [9.17, 15) is 4.79 Å². The quantitative estimate of drug-likeness (QED) is 0.880. The number of carbonyl (C=O) groups excluding carboxylic acids is 1. The van der Waals surface area contributed by atoms with E-state index >= 15 is 0 Å². The minimum Gasteiger partial charge on any atom is -0.348 e. The fraction of sp³-hybridized carbons (Fsp3) is 0.500. The molecule has 0 saturated heterocycles. The van der Waals surface area contributed by atoms with Crippen molar-refractivity contribution in [3.8, 4) is 0 Å². The summed E-state index contributed by atoms with van der Waals surface area (Å²) in [5.74, 6) is 1.11. The first-order chi connectivity index (χ1) is 8.54. The van der Waals surface area contributed by atoms with Crippen LogP contribution < -0.4 is 10.6 Å². The molecule has 1 atom stereocenters. The highest BCUT2D eigenvalue weighted by Crippen LogP contribution is 2.35. The number of likely N-dealkylation sites (N-methyl/N-ethyl adjacent to an activating group) is 1. The van der Waals surface area contributed by atoms with Crippen molar-refractivity contribution >= 4 is 17.7 Å². The molecule has 2 N–H and O–H groups in total. The average molecular weight is 264 g/mol. The van der Waals surface area contributed by atoms with E-state index in [0.717, 1.165) is 12.2 Å². The fourth-order valence-electron chi connectivity index (χ4n) is 1.94. The third kappa shape index (κ3) is 2.70. The summed E-state index contributed by atoms with van der Waals surface area (Å²) in [5, 5.41) is 6.19. The molecule has 0 aliphatic carbocycles. The molecular formula is C14H20N2OS. The van der Waals surface area contributed by atoms with Crippen LogP contribution in [0.15, 0.2) is 29.2 Å². The number of nitrogens with one attached hydrogen (secondary N) is 2. The highest BCUT2D eigenvalue weighted by molar-refractivity contribution is 7.99. The van der Waals surface area contributed by atoms with Crippen molar-refractivity contribution in [2.75, 3.05) is 12.8 Å². The first-order valence-electron chi connectivity index (χ1n) is 6.26. The predicted molar refractivity (Wildman–Crippen MR) is 75.8 cm³/mol. The highest BCUT2D eigenvalue weighted by Gasteiger charge is 2.29. The Morgan fingerprint density at radius 1 is 1.39 bits per heavy atom. The second kappa shape index (κ2) is 5.33. The van der Waals surface area contributed by atoms with E-state index in [4.69, 9.17) is 0 Å². The van der Waals surface area contributed by atoms with Crippen LogP contribution in [0.4, 0.5) is 0 Å². The molecule has 98 valence electrons. The zero-order valence-corrected chi connectivity index (χ0v) is 11.9. The van der Waals surface area contributed by atoms with Gasteiger partial charge in [-0.3, -0.25) is 4.79 Å². The SMILES string of the molecule is CNC(C)(C)C(=O)NC1CCSc2ccccc21. The van der Waals surface area contributed by atoms with Gasteiger partial charge in [-0.2, -0.15) is 0 Å². The van der Waals surface area contributed by atoms with Crippen LogP contribution in [0.25, 0.3) is 0 Å². The molecule has 1 unspecified atom stereocenters. The van der Waals surface area contributed by atoms with Crippen LogP contribution >= 0.6 is 11.8 Å². The lowest BCUT2D eigenvalue weighted by molar-refractivity contribution is -0.127. The van der Waals surface area contributed by atoms with E-state index < -0.39 is 5.54 Å². The van der Waals surface area contributed by atoms with Crippen molar-refractivity contribution in [3.05, 3.63) is 29.8 Å². The lowest BCUT2D eigenvalue weighted by Gasteiger charge is -2.30. The zero-order chi connectivity index (χ0) is 13.2. The molecule has 0 saturated carbocycles. The summed E-state index contributed by atoms with van der Waals surface area (Å²) in [7, 11) is 1.81. The molecule has 1 aromatic carbocycles. The monoisotopic (exact) mass is 264 g/mol. The molecule has 3 nitrogen and oxygen atoms in total. The van der Waals surface area contributed by atoms with Crippen LogP contribution in [0.1, 0.15) is 31.9 Å². The lowest BCUT2D eigenvalue weighted by atomic mass is 10.00. The molecule has 0 fully saturated rings. The third-order valence-electron chi connectivity index (χ3n) is 3.46. The van der Waals surface area contributed by atoms with Crippen LogP contribution in [0.3, 0.4) is 0 Å². The van der Waals surface area contributed by atoms with E-state index in [1.54, 1.807) is 0 Å². The molecule has 0 aromatic heterocycles. The molecule has 2 rings (SSSR count). The predicted octanol–water partition coefficient (Wildman–Crippen LogP) is 2.34. The topological polar surface area (TPSA) is 41.1 Å². The molecule has 0 spiro atoms. The molecule has 1 amide bonds. The minimum atomic E-state index is -0.528. The van der Waals surface area contributed by atoms with Crippen LogP contribution in [0.2, 0.25) is 0 Å². The maximum absolute atomic E-state index is 12.2. The van der Waals surface area contributed by atoms with Crippen molar-refractivity contribution in [3.63, 3.8) is 0 Å². The summed E-state index contributed by atoms with van der Waals surface area (Å²) in [4.78, 5) is 13.5. The van der Waals surface area contributed by atoms with Gasteiger partial charge in [-0.25, -0.2) is 0 Å². The molecule has 1 aromatic rings. The number of hydrogen-bond donors (Lipinski definition) is 2. The van der Waals surface area contributed by atoms with Crippen LogP contribution in [0, 0.1) is 0 Å². The maximum atomic E-state index is 12.2. The van der Waals surface area contributed by atoms with Gasteiger partial charge in [-0.15, -0.1) is 11.8 Å². The molecular weight excluding hydrogens is 244 g/mol. The van der Waals surface area contributed by atoms with Crippen molar-refractivity contribution in [2.45, 2.75) is 36.7 Å². The Hall–Kier alpha value is -1.00. The number of thioether (sulfide) groups is 1. The summed E-state index contributed by atoms with van der Waals surface area (Å²) in [6, 6.07) is 8.46. The molecule has 0 radical (unpaired) electrons. The Morgan fingerprint density at radius 3 is 2.83 bits per heavy atom. The van der Waals surface area contributed by atoms with Crippen LogP contribution in [-0.2, 0) is 4.79 Å². The summed E-state index contributed by atoms with van der Waals surface area (Å²) in [5.41, 5.74) is 0.716. The summed E-state index contributed by atoms with van der Waals surface area (Å²) >= 11 is 1.87. The van der Waals surface area contributed by atoms with Gasteiger partial charge >= 0.3 is 0 Å². The van der Waals surface area contributed by atoms with E-state index in [0.29, 0.717) is 0 Å². The molecule has 4 heteroatoms. The number of rotatable bonds is 3. The Labute approximate surface area is 113 Å². The summed E-state index contributed by atoms with van der Waals surface area (Å²) in [6.07, 6.45) is 0.993. The highest BCUT2D eigenvalue weighted by atomic mass is 32.2. The standard InChI is InChI=1S/C14H20N2OS/c1-14(2,15-3)13(17)16-11-8-9-18-12-7-5-4-6-10(11)12/h4-7,11,15H,8-9H2,1-3H3,(H,16,17). The Kier molecular flexibility index (Phi) is 3.97. The molecule has 1 heterocycles. The normalized spacial score (nSPS) is 19.2. The molecule has 1 aliphatic heterocycles. The van der Waals surface area contributed by atoms with Crippen LogP contribution in [0.5, 0.6) is 0 Å². The van der Waals surface area contributed by atoms with Crippen LogP contribution in [-0.4, -0.2) is 24.2 Å². The first kappa shape index (κ1) is 13.4. The van der Waals surface area contributed by atoms with Gasteiger partial charge in [0, 0.05) is 10.6 Å². The summed E-state index contributed by atoms with van der Waals surface area (Å²) < 4.78 is 0. The first-order valence-corrected chi connectivity index (χ1v) is 7.25. The maximum Gasteiger partial charge on any atom is 0.240 e. The summed E-state index contributed by atoms with van der Waals surface area (Å²) in [6.45, 7) is 3.79. The van der Waals surface area contributed by atoms with Gasteiger partial charge < -0.3 is 10.6 Å². The zero-order valence-electron chi connectivity index (χ0n) is 11.1. The number of benzene rings is 1. The van der Waals surface area contributed by atoms with Gasteiger partial charge in [0.1, 0.15) is 0 Å². The molecule has 18 heavy (non-hydrogen) atoms. The minimum absolute atomic E-state index is 0.0525. The van der Waals surface area contributed by atoms with Gasteiger partial charge in [0.2, 0.25) is 5.91 Å². The lowest BCUT2D eigenvalue weighted by Crippen LogP contribution is -2.52. The number of carbonyl (C=O) groups is 1. The Bertz CT molecular complexity index is 445. The van der Waals surface area contributed by atoms with E-state index in [2.05, 4.69) is 22.8 Å². The molecule has 1 aliphatic rings. The van der Waals surface area contributed by atoms with Crippen molar-refractivity contribution in [1.29, 1.82) is 0 Å². The van der Waals surface area contributed by atoms with E-state index in [1.807, 2.05) is 44.8 Å². The van der Waals surface area contributed by atoms with E-state index in [1.165, 1.54) is 10.5 Å². The Morgan fingerprint density at radius 2 is 2.11 bits per heavy atom. The van der Waals surface area contributed by atoms with Gasteiger partial charge in [0.05, 0.1) is 11.6 Å². The van der Waals surface area contributed by atoms with Crippen molar-refractivity contribution in [1.82, 2.24) is 10.6 Å². The number of hydrogen-bond acceptors (Lipinski definition) is 3. The third-order valence-corrected chi connectivity index (χ3v) is 4.58. The average Bonchev–Trinajstić information content (AvgIpc) is 2.39. The van der Waals surface area contributed by atoms with Crippen molar-refractivity contribution in [2.24, 2.45) is 0 Å². The second-order valence-electron chi connectivity index (χ2n) is 5.08. The number of fused-ring (bicyclic) bond motifs is 1. The van der Waals surface area contributed by atoms with Gasteiger partial charge in [-0.05, 0) is 38.9 Å². The second-order valence-corrected chi connectivity index (χ2v) is 6.21. The van der Waals surface area contributed by atoms with Gasteiger partial charge in [-0.1, -0.05) is 18.2 Å². The van der Waals surface area contributed by atoms with E-state index in [-0.39, 0.29) is 11.9 Å². The van der Waals surface area contributed by atoms with Crippen molar-refractivity contribution < 1.29 is 4.79 Å². The van der Waals surface area contributed by atoms with Gasteiger partial charge in [0.25, 0.3) is 0 Å². The van der Waals surface area contributed by atoms with Gasteiger partial charge in [0.15, 0.2) is 0 Å². The smallest absolute Gasteiger partial charge is 0.240 e. The Balaban J connectivity index is 2.15.